The molecule has 1 aliphatic heterocycles. The molecule has 0 fully saturated rings. The molecule has 0 bridgehead atoms. The Bertz CT molecular complexity index is 476. The first-order chi connectivity index (χ1) is 9.18. The Morgan fingerprint density at radius 2 is 2.16 bits per heavy atom. The fourth-order valence-electron chi connectivity index (χ4n) is 2.15. The van der Waals surface area contributed by atoms with E-state index >= 15 is 0 Å². The van der Waals surface area contributed by atoms with Gasteiger partial charge >= 0.3 is 5.97 Å². The van der Waals surface area contributed by atoms with Crippen molar-refractivity contribution in [3.8, 4) is 0 Å². The molecule has 0 aliphatic carbocycles. The molecule has 1 amide bonds. The number of carbonyl (C=O) groups excluding carboxylic acids is 1. The summed E-state index contributed by atoms with van der Waals surface area (Å²) in [6.07, 6.45) is 1.57. The topological polar surface area (TPSA) is 66.4 Å². The molecule has 0 aromatic heterocycles. The van der Waals surface area contributed by atoms with Crippen LogP contribution in [0.1, 0.15) is 29.2 Å². The van der Waals surface area contributed by atoms with Crippen molar-refractivity contribution in [2.45, 2.75) is 24.5 Å². The SMILES string of the molecule is O=C(O)CCCNC(=O)C1SCCc2ccccc21. The first-order valence-electron chi connectivity index (χ1n) is 6.37. The highest BCUT2D eigenvalue weighted by atomic mass is 32.2. The summed E-state index contributed by atoms with van der Waals surface area (Å²) < 4.78 is 0. The Labute approximate surface area is 116 Å². The standard InChI is InChI=1S/C14H17NO3S/c16-12(17)6-3-8-15-14(18)13-11-5-2-1-4-10(11)7-9-19-13/h1-2,4-5,13H,3,6-9H2,(H,15,18)(H,16,17). The number of aliphatic carboxylic acids is 1. The summed E-state index contributed by atoms with van der Waals surface area (Å²) in [6, 6.07) is 8.02. The van der Waals surface area contributed by atoms with Crippen LogP contribution in [0.25, 0.3) is 0 Å². The molecule has 1 heterocycles. The summed E-state index contributed by atoms with van der Waals surface area (Å²) in [6.45, 7) is 0.421. The lowest BCUT2D eigenvalue weighted by atomic mass is 10.0. The number of nitrogens with one attached hydrogen (secondary N) is 1. The Morgan fingerprint density at radius 1 is 1.37 bits per heavy atom. The number of amides is 1. The minimum Gasteiger partial charge on any atom is -0.481 e. The summed E-state index contributed by atoms with van der Waals surface area (Å²) in [5.41, 5.74) is 2.33. The number of aryl methyl sites for hydroxylation is 1. The van der Waals surface area contributed by atoms with Gasteiger partial charge in [0.1, 0.15) is 5.25 Å². The third kappa shape index (κ3) is 3.73. The van der Waals surface area contributed by atoms with Gasteiger partial charge in [0.05, 0.1) is 0 Å². The van der Waals surface area contributed by atoms with Gasteiger partial charge in [-0.3, -0.25) is 9.59 Å². The van der Waals surface area contributed by atoms with Gasteiger partial charge in [0.15, 0.2) is 0 Å². The molecule has 102 valence electrons. The predicted molar refractivity (Wildman–Crippen MR) is 75.2 cm³/mol. The quantitative estimate of drug-likeness (QED) is 0.809. The number of hydrogen-bond donors (Lipinski definition) is 2. The maximum absolute atomic E-state index is 12.1. The van der Waals surface area contributed by atoms with Crippen LogP contribution in [0.15, 0.2) is 24.3 Å². The number of carboxylic acid groups (broad SMARTS) is 1. The largest absolute Gasteiger partial charge is 0.481 e. The first-order valence-corrected chi connectivity index (χ1v) is 7.42. The second kappa shape index (κ2) is 6.61. The summed E-state index contributed by atoms with van der Waals surface area (Å²) in [4.78, 5) is 22.5. The predicted octanol–water partition coefficient (Wildman–Crippen LogP) is 2.00. The van der Waals surface area contributed by atoms with Crippen LogP contribution >= 0.6 is 11.8 Å². The van der Waals surface area contributed by atoms with E-state index in [2.05, 4.69) is 11.4 Å². The van der Waals surface area contributed by atoms with E-state index in [-0.39, 0.29) is 17.6 Å². The number of hydrogen-bond acceptors (Lipinski definition) is 3. The zero-order chi connectivity index (χ0) is 13.7. The van der Waals surface area contributed by atoms with Crippen molar-refractivity contribution in [2.75, 3.05) is 12.3 Å². The maximum atomic E-state index is 12.1. The molecular formula is C14H17NO3S. The smallest absolute Gasteiger partial charge is 0.303 e. The van der Waals surface area contributed by atoms with Gasteiger partial charge in [-0.2, -0.15) is 0 Å². The van der Waals surface area contributed by atoms with Crippen molar-refractivity contribution >= 4 is 23.6 Å². The fourth-order valence-corrected chi connectivity index (χ4v) is 3.37. The van der Waals surface area contributed by atoms with E-state index < -0.39 is 5.97 Å². The first kappa shape index (κ1) is 13.9. The molecule has 1 aromatic carbocycles. The molecule has 0 radical (unpaired) electrons. The van der Waals surface area contributed by atoms with Crippen molar-refractivity contribution in [2.24, 2.45) is 0 Å². The molecule has 0 saturated heterocycles. The van der Waals surface area contributed by atoms with Crippen molar-refractivity contribution in [1.82, 2.24) is 5.32 Å². The highest BCUT2D eigenvalue weighted by molar-refractivity contribution is 8.00. The molecule has 0 saturated carbocycles. The van der Waals surface area contributed by atoms with Crippen LogP contribution < -0.4 is 5.32 Å². The van der Waals surface area contributed by atoms with Crippen LogP contribution in [0.3, 0.4) is 0 Å². The fraction of sp³-hybridized carbons (Fsp3) is 0.429. The number of carboxylic acids is 1. The van der Waals surface area contributed by atoms with E-state index in [0.717, 1.165) is 17.7 Å². The minimum absolute atomic E-state index is 0.0115. The number of benzene rings is 1. The molecule has 1 unspecified atom stereocenters. The maximum Gasteiger partial charge on any atom is 0.303 e. The number of thioether (sulfide) groups is 1. The molecule has 5 heteroatoms. The van der Waals surface area contributed by atoms with Gasteiger partial charge in [0.2, 0.25) is 5.91 Å². The minimum atomic E-state index is -0.827. The third-order valence-corrected chi connectivity index (χ3v) is 4.34. The van der Waals surface area contributed by atoms with Crippen LogP contribution in [0.2, 0.25) is 0 Å². The average molecular weight is 279 g/mol. The van der Waals surface area contributed by atoms with Crippen molar-refractivity contribution < 1.29 is 14.7 Å². The summed E-state index contributed by atoms with van der Waals surface area (Å²) in [5.74, 6) is 0.110. The van der Waals surface area contributed by atoms with E-state index in [9.17, 15) is 9.59 Å². The Hall–Kier alpha value is -1.49. The molecule has 2 rings (SSSR count). The highest BCUT2D eigenvalue weighted by Crippen LogP contribution is 2.36. The molecule has 0 spiro atoms. The van der Waals surface area contributed by atoms with Crippen LogP contribution in [0.5, 0.6) is 0 Å². The van der Waals surface area contributed by atoms with Gasteiger partial charge in [0, 0.05) is 13.0 Å². The molecular weight excluding hydrogens is 262 g/mol. The Kier molecular flexibility index (Phi) is 4.85. The van der Waals surface area contributed by atoms with E-state index in [0.29, 0.717) is 13.0 Å². The van der Waals surface area contributed by atoms with Crippen molar-refractivity contribution in [3.05, 3.63) is 35.4 Å². The zero-order valence-electron chi connectivity index (χ0n) is 10.6. The van der Waals surface area contributed by atoms with Gasteiger partial charge in [0.25, 0.3) is 0 Å². The van der Waals surface area contributed by atoms with Crippen molar-refractivity contribution in [1.29, 1.82) is 0 Å². The Balaban J connectivity index is 1.92. The second-order valence-corrected chi connectivity index (χ2v) is 5.70. The van der Waals surface area contributed by atoms with Gasteiger partial charge in [-0.05, 0) is 29.7 Å². The van der Waals surface area contributed by atoms with E-state index in [1.807, 2.05) is 18.2 Å². The molecule has 19 heavy (non-hydrogen) atoms. The second-order valence-electron chi connectivity index (χ2n) is 4.49. The van der Waals surface area contributed by atoms with Crippen LogP contribution in [-0.2, 0) is 16.0 Å². The van der Waals surface area contributed by atoms with Gasteiger partial charge < -0.3 is 10.4 Å². The van der Waals surface area contributed by atoms with Crippen LogP contribution in [-0.4, -0.2) is 29.3 Å². The van der Waals surface area contributed by atoms with E-state index in [4.69, 9.17) is 5.11 Å². The number of rotatable bonds is 5. The molecule has 2 N–H and O–H groups in total. The van der Waals surface area contributed by atoms with Gasteiger partial charge in [-0.1, -0.05) is 24.3 Å². The summed E-state index contributed by atoms with van der Waals surface area (Å²) >= 11 is 1.65. The number of fused-ring (bicyclic) bond motifs is 1. The zero-order valence-corrected chi connectivity index (χ0v) is 11.4. The van der Waals surface area contributed by atoms with E-state index in [1.54, 1.807) is 11.8 Å². The third-order valence-electron chi connectivity index (χ3n) is 3.10. The van der Waals surface area contributed by atoms with Crippen LogP contribution in [0.4, 0.5) is 0 Å². The Morgan fingerprint density at radius 3 is 2.95 bits per heavy atom. The van der Waals surface area contributed by atoms with E-state index in [1.165, 1.54) is 5.56 Å². The van der Waals surface area contributed by atoms with Crippen LogP contribution in [0, 0.1) is 0 Å². The molecule has 1 atom stereocenters. The molecule has 1 aromatic rings. The molecule has 1 aliphatic rings. The lowest BCUT2D eigenvalue weighted by molar-refractivity contribution is -0.137. The number of carbonyl (C=O) groups is 2. The normalized spacial score (nSPS) is 17.6. The lowest BCUT2D eigenvalue weighted by Crippen LogP contribution is -2.31. The summed E-state index contributed by atoms with van der Waals surface area (Å²) in [5, 5.41) is 11.2. The molecule has 4 nitrogen and oxygen atoms in total. The summed E-state index contributed by atoms with van der Waals surface area (Å²) in [7, 11) is 0. The lowest BCUT2D eigenvalue weighted by Gasteiger charge is -2.24. The average Bonchev–Trinajstić information content (AvgIpc) is 2.42. The van der Waals surface area contributed by atoms with Crippen molar-refractivity contribution in [3.63, 3.8) is 0 Å². The highest BCUT2D eigenvalue weighted by Gasteiger charge is 2.26. The van der Waals surface area contributed by atoms with Gasteiger partial charge in [-0.15, -0.1) is 11.8 Å². The monoisotopic (exact) mass is 279 g/mol. The van der Waals surface area contributed by atoms with Gasteiger partial charge in [-0.25, -0.2) is 0 Å².